The van der Waals surface area contributed by atoms with Crippen molar-refractivity contribution < 1.29 is 0 Å². The normalized spacial score (nSPS) is 52.1. The molecule has 0 radical (unpaired) electrons. The molecule has 3 fully saturated rings. The Labute approximate surface area is 100 Å². The maximum absolute atomic E-state index is 6.63. The van der Waals surface area contributed by atoms with E-state index in [2.05, 4.69) is 6.92 Å². The first-order chi connectivity index (χ1) is 7.65. The Hall–Kier alpha value is -0.0400. The third-order valence-corrected chi connectivity index (χ3v) is 5.82. The maximum atomic E-state index is 6.63. The van der Waals surface area contributed by atoms with E-state index in [1.165, 1.54) is 57.8 Å². The van der Waals surface area contributed by atoms with Gasteiger partial charge in [-0.1, -0.05) is 13.3 Å². The van der Waals surface area contributed by atoms with Gasteiger partial charge in [-0.2, -0.15) is 0 Å². The fourth-order valence-corrected chi connectivity index (χ4v) is 4.69. The molecule has 0 aromatic rings. The summed E-state index contributed by atoms with van der Waals surface area (Å²) < 4.78 is 0. The van der Waals surface area contributed by atoms with Gasteiger partial charge in [-0.05, 0) is 75.0 Å². The monoisotopic (exact) mass is 221 g/mol. The average molecular weight is 221 g/mol. The van der Waals surface area contributed by atoms with Crippen LogP contribution in [0.5, 0.6) is 0 Å². The van der Waals surface area contributed by atoms with E-state index in [4.69, 9.17) is 5.73 Å². The van der Waals surface area contributed by atoms with Crippen LogP contribution in [-0.2, 0) is 0 Å². The quantitative estimate of drug-likeness (QED) is 0.755. The first-order valence-corrected chi connectivity index (χ1v) is 7.43. The van der Waals surface area contributed by atoms with E-state index in [0.717, 1.165) is 23.7 Å². The highest BCUT2D eigenvalue weighted by Gasteiger charge is 2.43. The van der Waals surface area contributed by atoms with E-state index >= 15 is 0 Å². The molecule has 3 atom stereocenters. The lowest BCUT2D eigenvalue weighted by Gasteiger charge is -2.39. The highest BCUT2D eigenvalue weighted by atomic mass is 14.8. The van der Waals surface area contributed by atoms with Crippen LogP contribution in [0, 0.1) is 23.7 Å². The highest BCUT2D eigenvalue weighted by Crippen LogP contribution is 2.51. The van der Waals surface area contributed by atoms with E-state index in [0.29, 0.717) is 0 Å². The molecule has 1 nitrogen and oxygen atoms in total. The molecule has 0 aromatic heterocycles. The molecule has 92 valence electrons. The van der Waals surface area contributed by atoms with E-state index < -0.39 is 0 Å². The minimum atomic E-state index is 0.224. The zero-order valence-corrected chi connectivity index (χ0v) is 10.8. The summed E-state index contributed by atoms with van der Waals surface area (Å²) in [5, 5.41) is 0. The fourth-order valence-electron chi connectivity index (χ4n) is 4.69. The van der Waals surface area contributed by atoms with Gasteiger partial charge in [0.25, 0.3) is 0 Å². The number of rotatable bonds is 2. The Bertz CT molecular complexity index is 252. The van der Waals surface area contributed by atoms with Crippen molar-refractivity contribution in [1.82, 2.24) is 0 Å². The van der Waals surface area contributed by atoms with Crippen LogP contribution in [0.25, 0.3) is 0 Å². The lowest BCUT2D eigenvalue weighted by molar-refractivity contribution is 0.174. The molecule has 3 saturated carbocycles. The third-order valence-electron chi connectivity index (χ3n) is 5.82. The number of hydrogen-bond donors (Lipinski definition) is 1. The van der Waals surface area contributed by atoms with Gasteiger partial charge in [0.2, 0.25) is 0 Å². The summed E-state index contributed by atoms with van der Waals surface area (Å²) in [7, 11) is 0. The molecular formula is C15H27N. The van der Waals surface area contributed by atoms with Gasteiger partial charge in [0.15, 0.2) is 0 Å². The molecule has 2 bridgehead atoms. The predicted molar refractivity (Wildman–Crippen MR) is 68.1 cm³/mol. The van der Waals surface area contributed by atoms with Crippen LogP contribution in [0.4, 0.5) is 0 Å². The van der Waals surface area contributed by atoms with Crippen molar-refractivity contribution in [3.63, 3.8) is 0 Å². The van der Waals surface area contributed by atoms with Crippen LogP contribution in [0.2, 0.25) is 0 Å². The van der Waals surface area contributed by atoms with E-state index in [1.807, 2.05) is 0 Å². The molecule has 3 aliphatic carbocycles. The predicted octanol–water partition coefficient (Wildman–Crippen LogP) is 3.72. The number of fused-ring (bicyclic) bond motifs is 2. The smallest absolute Gasteiger partial charge is 0.0157 e. The Morgan fingerprint density at radius 1 is 1.06 bits per heavy atom. The summed E-state index contributed by atoms with van der Waals surface area (Å²) in [6.45, 7) is 2.39. The Morgan fingerprint density at radius 2 is 1.81 bits per heavy atom. The zero-order chi connectivity index (χ0) is 11.2. The highest BCUT2D eigenvalue weighted by molar-refractivity contribution is 4.97. The van der Waals surface area contributed by atoms with Gasteiger partial charge in [0.05, 0.1) is 0 Å². The largest absolute Gasteiger partial charge is 0.325 e. The molecule has 0 aromatic carbocycles. The second-order valence-corrected chi connectivity index (χ2v) is 7.18. The molecule has 0 saturated heterocycles. The lowest BCUT2D eigenvalue weighted by Crippen LogP contribution is -2.45. The summed E-state index contributed by atoms with van der Waals surface area (Å²) in [6, 6.07) is 0. The second-order valence-electron chi connectivity index (χ2n) is 7.18. The Kier molecular flexibility index (Phi) is 2.78. The van der Waals surface area contributed by atoms with Crippen LogP contribution in [0.15, 0.2) is 0 Å². The van der Waals surface area contributed by atoms with Gasteiger partial charge in [0.1, 0.15) is 0 Å². The number of hydrogen-bond acceptors (Lipinski definition) is 1. The van der Waals surface area contributed by atoms with Crippen molar-refractivity contribution in [2.45, 2.75) is 70.3 Å². The van der Waals surface area contributed by atoms with Crippen LogP contribution in [0.1, 0.15) is 64.7 Å². The Balaban J connectivity index is 1.58. The van der Waals surface area contributed by atoms with Gasteiger partial charge >= 0.3 is 0 Å². The van der Waals surface area contributed by atoms with E-state index in [1.54, 1.807) is 0 Å². The molecule has 3 unspecified atom stereocenters. The first kappa shape index (κ1) is 11.1. The van der Waals surface area contributed by atoms with Gasteiger partial charge in [-0.25, -0.2) is 0 Å². The number of nitrogens with two attached hydrogens (primary N) is 1. The molecule has 16 heavy (non-hydrogen) atoms. The van der Waals surface area contributed by atoms with Crippen LogP contribution in [0.3, 0.4) is 0 Å². The topological polar surface area (TPSA) is 26.0 Å². The first-order valence-electron chi connectivity index (χ1n) is 7.43. The summed E-state index contributed by atoms with van der Waals surface area (Å²) in [5.74, 6) is 4.07. The second kappa shape index (κ2) is 4.01. The van der Waals surface area contributed by atoms with Crippen molar-refractivity contribution in [2.75, 3.05) is 0 Å². The fraction of sp³-hybridized carbons (Fsp3) is 1.00. The summed E-state index contributed by atoms with van der Waals surface area (Å²) >= 11 is 0. The van der Waals surface area contributed by atoms with Crippen molar-refractivity contribution in [2.24, 2.45) is 29.4 Å². The van der Waals surface area contributed by atoms with Gasteiger partial charge < -0.3 is 5.73 Å². The van der Waals surface area contributed by atoms with Crippen molar-refractivity contribution in [3.05, 3.63) is 0 Å². The minimum absolute atomic E-state index is 0.224. The molecule has 0 amide bonds. The van der Waals surface area contributed by atoms with Crippen molar-refractivity contribution in [1.29, 1.82) is 0 Å². The summed E-state index contributed by atoms with van der Waals surface area (Å²) in [4.78, 5) is 0. The standard InChI is InChI=1S/C15H27N/c1-11-4-6-15(16,7-5-11)10-14-9-12-2-3-13(14)8-12/h11-14H,2-10,16H2,1H3. The average Bonchev–Trinajstić information content (AvgIpc) is 2.84. The molecule has 0 aliphatic heterocycles. The molecule has 0 spiro atoms. The minimum Gasteiger partial charge on any atom is -0.325 e. The van der Waals surface area contributed by atoms with Gasteiger partial charge in [-0.15, -0.1) is 0 Å². The SMILES string of the molecule is CC1CCC(N)(CC2CC3CCC2C3)CC1. The zero-order valence-electron chi connectivity index (χ0n) is 10.8. The van der Waals surface area contributed by atoms with Gasteiger partial charge in [-0.3, -0.25) is 0 Å². The van der Waals surface area contributed by atoms with Crippen LogP contribution in [-0.4, -0.2) is 5.54 Å². The molecule has 3 aliphatic rings. The van der Waals surface area contributed by atoms with Gasteiger partial charge in [0, 0.05) is 5.54 Å². The van der Waals surface area contributed by atoms with E-state index in [-0.39, 0.29) is 5.54 Å². The third kappa shape index (κ3) is 2.03. The molecule has 1 heteroatoms. The van der Waals surface area contributed by atoms with Crippen LogP contribution < -0.4 is 5.73 Å². The molecule has 3 rings (SSSR count). The Morgan fingerprint density at radius 3 is 2.38 bits per heavy atom. The molecule has 0 heterocycles. The van der Waals surface area contributed by atoms with Crippen molar-refractivity contribution in [3.8, 4) is 0 Å². The molecule has 2 N–H and O–H groups in total. The summed E-state index contributed by atoms with van der Waals surface area (Å²) in [6.07, 6.45) is 12.8. The lowest BCUT2D eigenvalue weighted by atomic mass is 9.70. The van der Waals surface area contributed by atoms with Crippen molar-refractivity contribution >= 4 is 0 Å². The van der Waals surface area contributed by atoms with E-state index in [9.17, 15) is 0 Å². The van der Waals surface area contributed by atoms with Crippen LogP contribution >= 0.6 is 0 Å². The maximum Gasteiger partial charge on any atom is 0.0157 e. The molecular weight excluding hydrogens is 194 g/mol. The summed E-state index contributed by atoms with van der Waals surface area (Å²) in [5.41, 5.74) is 6.86.